The zero-order valence-corrected chi connectivity index (χ0v) is 22.0. The van der Waals surface area contributed by atoms with Gasteiger partial charge in [-0.25, -0.2) is 23.3 Å². The van der Waals surface area contributed by atoms with Gasteiger partial charge in [0.05, 0.1) is 17.8 Å². The third-order valence-corrected chi connectivity index (χ3v) is 7.03. The fraction of sp³-hybridized carbons (Fsp3) is 0.214. The summed E-state index contributed by atoms with van der Waals surface area (Å²) in [5, 5.41) is 7.63. The third-order valence-electron chi connectivity index (χ3n) is 7.03. The van der Waals surface area contributed by atoms with Crippen LogP contribution in [0.1, 0.15) is 36.6 Å². The molecule has 0 aromatic heterocycles. The largest absolute Gasteiger partial charge is 0.419 e. The molecule has 3 aromatic rings. The van der Waals surface area contributed by atoms with Crippen molar-refractivity contribution in [1.82, 2.24) is 15.5 Å². The highest BCUT2D eigenvalue weighted by Gasteiger charge is 2.52. The number of urea groups is 2. The molecule has 3 aromatic carbocycles. The molecule has 5 rings (SSSR count). The van der Waals surface area contributed by atoms with Crippen molar-refractivity contribution in [2.24, 2.45) is 0 Å². The number of hydrogen-bond acceptors (Lipinski definition) is 5. The van der Waals surface area contributed by atoms with Gasteiger partial charge in [-0.2, -0.15) is 13.2 Å². The molecule has 0 saturated carbocycles. The monoisotopic (exact) mass is 587 g/mol. The summed E-state index contributed by atoms with van der Waals surface area (Å²) in [7, 11) is 0. The van der Waals surface area contributed by atoms with E-state index in [1.807, 2.05) is 0 Å². The Morgan fingerprint density at radius 3 is 2.24 bits per heavy atom. The van der Waals surface area contributed by atoms with E-state index in [4.69, 9.17) is 0 Å². The molecule has 2 aliphatic heterocycles. The summed E-state index contributed by atoms with van der Waals surface area (Å²) in [4.78, 5) is 51.7. The SMILES string of the molecule is CC1(C)C(=O)N(c2ccc(F)c(C(F)(F)F)c2)C(=O)N1Cc1ccc(F)cc1Nc1ccc(C2NC(=O)NC2=O)cc1. The fourth-order valence-electron chi connectivity index (χ4n) is 4.74. The molecule has 1 unspecified atom stereocenters. The molecule has 218 valence electrons. The van der Waals surface area contributed by atoms with Crippen LogP contribution in [0.15, 0.2) is 60.7 Å². The van der Waals surface area contributed by atoms with Crippen molar-refractivity contribution in [2.45, 2.75) is 38.1 Å². The summed E-state index contributed by atoms with van der Waals surface area (Å²) in [6, 6.07) is 9.46. The molecular formula is C28H22F5N5O4. The molecule has 0 spiro atoms. The lowest BCUT2D eigenvalue weighted by molar-refractivity contribution is -0.140. The minimum atomic E-state index is -5.05. The molecule has 9 nitrogen and oxygen atoms in total. The second kappa shape index (κ2) is 10.1. The molecule has 0 radical (unpaired) electrons. The molecule has 2 fully saturated rings. The summed E-state index contributed by atoms with van der Waals surface area (Å²) in [5.74, 6) is -3.50. The molecule has 0 bridgehead atoms. The number of nitrogens with one attached hydrogen (secondary N) is 3. The molecule has 1 atom stereocenters. The predicted molar refractivity (Wildman–Crippen MR) is 139 cm³/mol. The van der Waals surface area contributed by atoms with Crippen LogP contribution in [0.3, 0.4) is 0 Å². The van der Waals surface area contributed by atoms with E-state index in [2.05, 4.69) is 16.0 Å². The molecule has 42 heavy (non-hydrogen) atoms. The van der Waals surface area contributed by atoms with Crippen LogP contribution in [-0.2, 0) is 22.3 Å². The quantitative estimate of drug-likeness (QED) is 0.266. The van der Waals surface area contributed by atoms with Crippen molar-refractivity contribution < 1.29 is 41.1 Å². The van der Waals surface area contributed by atoms with Crippen LogP contribution in [0.2, 0.25) is 0 Å². The Morgan fingerprint density at radius 2 is 1.62 bits per heavy atom. The molecule has 3 N–H and O–H groups in total. The van der Waals surface area contributed by atoms with Crippen LogP contribution in [0.25, 0.3) is 0 Å². The van der Waals surface area contributed by atoms with E-state index < -0.39 is 64.5 Å². The van der Waals surface area contributed by atoms with Crippen molar-refractivity contribution in [3.63, 3.8) is 0 Å². The lowest BCUT2D eigenvalue weighted by Gasteiger charge is -2.28. The van der Waals surface area contributed by atoms with Crippen molar-refractivity contribution in [2.75, 3.05) is 10.2 Å². The van der Waals surface area contributed by atoms with Crippen LogP contribution in [0, 0.1) is 11.6 Å². The zero-order valence-electron chi connectivity index (χ0n) is 22.0. The van der Waals surface area contributed by atoms with E-state index in [9.17, 15) is 41.1 Å². The maximum absolute atomic E-state index is 14.3. The summed E-state index contributed by atoms with van der Waals surface area (Å²) in [5.41, 5.74) is -2.03. The van der Waals surface area contributed by atoms with Gasteiger partial charge in [0.25, 0.3) is 11.8 Å². The molecular weight excluding hydrogens is 565 g/mol. The Kier molecular flexibility index (Phi) is 6.87. The Labute approximate surface area is 235 Å². The summed E-state index contributed by atoms with van der Waals surface area (Å²) < 4.78 is 68.0. The first kappa shape index (κ1) is 28.5. The van der Waals surface area contributed by atoms with Crippen molar-refractivity contribution in [1.29, 1.82) is 0 Å². The first-order chi connectivity index (χ1) is 19.7. The normalized spacial score (nSPS) is 18.4. The summed E-state index contributed by atoms with van der Waals surface area (Å²) in [6.07, 6.45) is -5.05. The van der Waals surface area contributed by atoms with Gasteiger partial charge < -0.3 is 15.5 Å². The lowest BCUT2D eigenvalue weighted by Crippen LogP contribution is -2.43. The van der Waals surface area contributed by atoms with Gasteiger partial charge in [-0.1, -0.05) is 18.2 Å². The summed E-state index contributed by atoms with van der Waals surface area (Å²) in [6.45, 7) is 2.58. The van der Waals surface area contributed by atoms with Gasteiger partial charge in [-0.15, -0.1) is 0 Å². The number of hydrogen-bond donors (Lipinski definition) is 3. The van der Waals surface area contributed by atoms with E-state index in [1.165, 1.54) is 19.9 Å². The van der Waals surface area contributed by atoms with Gasteiger partial charge in [0.1, 0.15) is 23.2 Å². The van der Waals surface area contributed by atoms with Crippen LogP contribution < -0.4 is 20.9 Å². The number of rotatable bonds is 6. The number of nitrogens with zero attached hydrogens (tertiary/aromatic N) is 2. The Bertz CT molecular complexity index is 1620. The van der Waals surface area contributed by atoms with Gasteiger partial charge in [0, 0.05) is 11.4 Å². The number of benzene rings is 3. The van der Waals surface area contributed by atoms with Crippen LogP contribution in [0.5, 0.6) is 0 Å². The minimum Gasteiger partial charge on any atom is -0.355 e. The maximum atomic E-state index is 14.3. The Hall–Kier alpha value is -5.01. The van der Waals surface area contributed by atoms with Crippen LogP contribution in [0.4, 0.5) is 48.6 Å². The van der Waals surface area contributed by atoms with Crippen LogP contribution >= 0.6 is 0 Å². The molecule has 6 amide bonds. The zero-order chi connectivity index (χ0) is 30.6. The van der Waals surface area contributed by atoms with E-state index in [0.29, 0.717) is 33.8 Å². The van der Waals surface area contributed by atoms with Gasteiger partial charge in [-0.05, 0) is 67.4 Å². The predicted octanol–water partition coefficient (Wildman–Crippen LogP) is 5.36. The molecule has 2 saturated heterocycles. The smallest absolute Gasteiger partial charge is 0.355 e. The maximum Gasteiger partial charge on any atom is 0.419 e. The van der Waals surface area contributed by atoms with E-state index in [0.717, 1.165) is 23.1 Å². The highest BCUT2D eigenvalue weighted by atomic mass is 19.4. The average Bonchev–Trinajstić information content (AvgIpc) is 3.33. The van der Waals surface area contributed by atoms with Gasteiger partial charge >= 0.3 is 18.2 Å². The fourth-order valence-corrected chi connectivity index (χ4v) is 4.74. The first-order valence-corrected chi connectivity index (χ1v) is 12.5. The van der Waals surface area contributed by atoms with Gasteiger partial charge in [0.2, 0.25) is 0 Å². The van der Waals surface area contributed by atoms with Crippen molar-refractivity contribution in [3.8, 4) is 0 Å². The van der Waals surface area contributed by atoms with Gasteiger partial charge in [0.15, 0.2) is 0 Å². The van der Waals surface area contributed by atoms with E-state index in [1.54, 1.807) is 24.3 Å². The average molecular weight is 588 g/mol. The number of alkyl halides is 3. The molecule has 0 aliphatic carbocycles. The summed E-state index contributed by atoms with van der Waals surface area (Å²) >= 11 is 0. The second-order valence-electron chi connectivity index (χ2n) is 10.2. The topological polar surface area (TPSA) is 111 Å². The highest BCUT2D eigenvalue weighted by molar-refractivity contribution is 6.23. The minimum absolute atomic E-state index is 0.227. The number of carbonyl (C=O) groups is 4. The number of amides is 6. The molecule has 2 heterocycles. The highest BCUT2D eigenvalue weighted by Crippen LogP contribution is 2.38. The molecule has 2 aliphatic rings. The van der Waals surface area contributed by atoms with E-state index >= 15 is 0 Å². The van der Waals surface area contributed by atoms with Crippen LogP contribution in [-0.4, -0.2) is 34.3 Å². The van der Waals surface area contributed by atoms with Crippen molar-refractivity contribution >= 4 is 40.9 Å². The number of halogens is 5. The van der Waals surface area contributed by atoms with Crippen molar-refractivity contribution in [3.05, 3.63) is 89.0 Å². The number of carbonyl (C=O) groups excluding carboxylic acids is 4. The Balaban J connectivity index is 1.41. The number of imide groups is 2. The molecule has 14 heteroatoms. The standard InChI is InChI=1S/C28H22F5N5O4/c1-27(2)24(40)38(18-9-10-20(30)19(12-18)28(31,32)33)26(42)37(27)13-15-3-6-16(29)11-21(15)34-17-7-4-14(5-8-17)22-23(39)36-25(41)35-22/h3-12,22,34H,13H2,1-2H3,(H2,35,36,39,41). The van der Waals surface area contributed by atoms with E-state index in [-0.39, 0.29) is 12.2 Å². The number of anilines is 3. The third kappa shape index (κ3) is 5.10. The lowest BCUT2D eigenvalue weighted by atomic mass is 10.0. The van der Waals surface area contributed by atoms with Gasteiger partial charge in [-0.3, -0.25) is 14.9 Å². The first-order valence-electron chi connectivity index (χ1n) is 12.5. The Morgan fingerprint density at radius 1 is 0.929 bits per heavy atom. The second-order valence-corrected chi connectivity index (χ2v) is 10.2.